The number of hydrogen-bond acceptors (Lipinski definition) is 7. The minimum Gasteiger partial charge on any atom is -0.392 e. The normalized spacial score (nSPS) is 19.3. The predicted octanol–water partition coefficient (Wildman–Crippen LogP) is 4.94. The van der Waals surface area contributed by atoms with E-state index in [4.69, 9.17) is 9.47 Å². The van der Waals surface area contributed by atoms with Crippen molar-refractivity contribution in [2.45, 2.75) is 50.2 Å². The van der Waals surface area contributed by atoms with Gasteiger partial charge in [-0.1, -0.05) is 72.4 Å². The van der Waals surface area contributed by atoms with E-state index in [1.807, 2.05) is 48.5 Å². The zero-order valence-electron chi connectivity index (χ0n) is 21.0. The Morgan fingerprint density at radius 1 is 1.03 bits per heavy atom. The van der Waals surface area contributed by atoms with Gasteiger partial charge in [-0.05, 0) is 39.9 Å². The number of nitrogens with zero attached hydrogens (tertiary/aromatic N) is 2. The summed E-state index contributed by atoms with van der Waals surface area (Å²) < 4.78 is 13.0. The van der Waals surface area contributed by atoms with Gasteiger partial charge < -0.3 is 19.9 Å². The van der Waals surface area contributed by atoms with Crippen molar-refractivity contribution >= 4 is 17.7 Å². The first-order valence-electron chi connectivity index (χ1n) is 12.5. The number of carbonyl (C=O) groups is 1. The third kappa shape index (κ3) is 6.68. The molecule has 0 radical (unpaired) electrons. The van der Waals surface area contributed by atoms with Gasteiger partial charge in [0.25, 0.3) is 0 Å². The average molecular weight is 531 g/mol. The summed E-state index contributed by atoms with van der Waals surface area (Å²) in [7, 11) is 0. The number of hydrogen-bond donors (Lipinski definition) is 3. The zero-order chi connectivity index (χ0) is 26.3. The van der Waals surface area contributed by atoms with Gasteiger partial charge in [-0.15, -0.1) is 0 Å². The van der Waals surface area contributed by atoms with E-state index in [2.05, 4.69) is 44.8 Å². The second-order valence-electron chi connectivity index (χ2n) is 9.19. The lowest BCUT2D eigenvalue weighted by atomic mass is 9.99. The van der Waals surface area contributed by atoms with Crippen molar-refractivity contribution in [3.63, 3.8) is 0 Å². The SMILES string of the molecule is CC(=O)NCc1cccc(-c2cccc([C@@H]3O[C@H](CSc4ncn[nH]4)C[C@H](c4ccc(CO)cc4)O3)c2)c1. The Balaban J connectivity index is 1.38. The van der Waals surface area contributed by atoms with Crippen LogP contribution in [-0.2, 0) is 27.4 Å². The largest absolute Gasteiger partial charge is 0.392 e. The maximum atomic E-state index is 11.3. The third-order valence-corrected chi connectivity index (χ3v) is 7.38. The number of thioether (sulfide) groups is 1. The number of carbonyl (C=O) groups excluding carboxylic acids is 1. The number of aliphatic hydroxyl groups is 1. The minimum absolute atomic E-state index is 0.00674. The van der Waals surface area contributed by atoms with Gasteiger partial charge in [0.1, 0.15) is 6.33 Å². The Hall–Kier alpha value is -3.50. The standard InChI is InChI=1S/C29H30N4O4S/c1-19(35)30-15-21-4-2-5-23(12-21)24-6-3-7-25(13-24)28-36-26(17-38-29-31-18-32-33-29)14-27(37-28)22-10-8-20(16-34)9-11-22/h2-13,18,26-28,34H,14-17H2,1H3,(H,30,35)(H,31,32,33)/t26-,27+,28+/m0/s1. The zero-order valence-corrected chi connectivity index (χ0v) is 21.9. The summed E-state index contributed by atoms with van der Waals surface area (Å²) in [6, 6.07) is 24.2. The van der Waals surface area contributed by atoms with Crippen LogP contribution in [0, 0.1) is 0 Å². The number of ether oxygens (including phenoxy) is 2. The lowest BCUT2D eigenvalue weighted by Gasteiger charge is -2.36. The molecule has 5 rings (SSSR count). The Morgan fingerprint density at radius 3 is 2.55 bits per heavy atom. The van der Waals surface area contributed by atoms with Gasteiger partial charge in [0.05, 0.1) is 18.8 Å². The first-order valence-corrected chi connectivity index (χ1v) is 13.5. The minimum atomic E-state index is -0.547. The smallest absolute Gasteiger partial charge is 0.217 e. The molecule has 1 saturated heterocycles. The third-order valence-electron chi connectivity index (χ3n) is 6.37. The van der Waals surface area contributed by atoms with Crippen LogP contribution in [0.15, 0.2) is 84.3 Å². The molecule has 9 heteroatoms. The number of aromatic amines is 1. The first kappa shape index (κ1) is 26.1. The molecule has 38 heavy (non-hydrogen) atoms. The maximum Gasteiger partial charge on any atom is 0.217 e. The van der Waals surface area contributed by atoms with Gasteiger partial charge in [0.15, 0.2) is 11.4 Å². The van der Waals surface area contributed by atoms with Gasteiger partial charge in [-0.25, -0.2) is 4.98 Å². The molecule has 1 amide bonds. The molecular weight excluding hydrogens is 500 g/mol. The van der Waals surface area contributed by atoms with Crippen LogP contribution >= 0.6 is 11.8 Å². The number of aromatic nitrogens is 3. The van der Waals surface area contributed by atoms with Gasteiger partial charge in [0, 0.05) is 31.2 Å². The van der Waals surface area contributed by atoms with Crippen LogP contribution in [0.1, 0.15) is 48.0 Å². The molecule has 0 spiro atoms. The molecule has 3 N–H and O–H groups in total. The van der Waals surface area contributed by atoms with Crippen molar-refractivity contribution in [3.8, 4) is 11.1 Å². The van der Waals surface area contributed by atoms with Crippen LogP contribution in [0.3, 0.4) is 0 Å². The number of rotatable bonds is 9. The van der Waals surface area contributed by atoms with Gasteiger partial charge in [0.2, 0.25) is 5.91 Å². The van der Waals surface area contributed by atoms with Crippen LogP contribution in [0.2, 0.25) is 0 Å². The highest BCUT2D eigenvalue weighted by Crippen LogP contribution is 2.40. The molecule has 8 nitrogen and oxygen atoms in total. The Kier molecular flexibility index (Phi) is 8.50. The fourth-order valence-corrected chi connectivity index (χ4v) is 5.21. The highest BCUT2D eigenvalue weighted by atomic mass is 32.2. The molecule has 1 aromatic heterocycles. The number of H-pyrrole nitrogens is 1. The quantitative estimate of drug-likeness (QED) is 0.263. The second kappa shape index (κ2) is 12.4. The molecule has 3 atom stereocenters. The summed E-state index contributed by atoms with van der Waals surface area (Å²) in [6.07, 6.45) is 1.41. The van der Waals surface area contributed by atoms with E-state index in [-0.39, 0.29) is 24.7 Å². The molecule has 1 aliphatic heterocycles. The number of nitrogens with one attached hydrogen (secondary N) is 2. The van der Waals surface area contributed by atoms with E-state index in [0.717, 1.165) is 38.5 Å². The van der Waals surface area contributed by atoms with Crippen LogP contribution < -0.4 is 5.32 Å². The summed E-state index contributed by atoms with van der Waals surface area (Å²) in [5, 5.41) is 19.9. The second-order valence-corrected chi connectivity index (χ2v) is 10.2. The highest BCUT2D eigenvalue weighted by molar-refractivity contribution is 7.99. The van der Waals surface area contributed by atoms with Crippen LogP contribution in [0.5, 0.6) is 0 Å². The molecule has 4 aromatic rings. The van der Waals surface area contributed by atoms with Crippen molar-refractivity contribution in [3.05, 3.63) is 101 Å². The Labute approximate surface area is 225 Å². The van der Waals surface area contributed by atoms with E-state index >= 15 is 0 Å². The van der Waals surface area contributed by atoms with Gasteiger partial charge in [-0.2, -0.15) is 5.10 Å². The van der Waals surface area contributed by atoms with Crippen molar-refractivity contribution in [1.82, 2.24) is 20.5 Å². The summed E-state index contributed by atoms with van der Waals surface area (Å²) in [4.78, 5) is 15.5. The molecule has 0 saturated carbocycles. The summed E-state index contributed by atoms with van der Waals surface area (Å²) in [6.45, 7) is 2.01. The van der Waals surface area contributed by atoms with Gasteiger partial charge >= 0.3 is 0 Å². The number of amides is 1. The fraction of sp³-hybridized carbons (Fsp3) is 0.276. The van der Waals surface area contributed by atoms with E-state index < -0.39 is 6.29 Å². The first-order chi connectivity index (χ1) is 18.6. The lowest BCUT2D eigenvalue weighted by Crippen LogP contribution is -2.31. The highest BCUT2D eigenvalue weighted by Gasteiger charge is 2.32. The van der Waals surface area contributed by atoms with E-state index in [1.54, 1.807) is 11.8 Å². The molecule has 0 aliphatic carbocycles. The van der Waals surface area contributed by atoms with Crippen LogP contribution in [0.4, 0.5) is 0 Å². The molecule has 0 unspecified atom stereocenters. The summed E-state index contributed by atoms with van der Waals surface area (Å²) in [5.41, 5.74) is 5.97. The van der Waals surface area contributed by atoms with Crippen molar-refractivity contribution < 1.29 is 19.4 Å². The van der Waals surface area contributed by atoms with E-state index in [1.165, 1.54) is 13.3 Å². The average Bonchev–Trinajstić information content (AvgIpc) is 3.49. The topological polar surface area (TPSA) is 109 Å². The van der Waals surface area contributed by atoms with Crippen molar-refractivity contribution in [2.24, 2.45) is 0 Å². The molecular formula is C29H30N4O4S. The molecule has 2 heterocycles. The van der Waals surface area contributed by atoms with Gasteiger partial charge in [-0.3, -0.25) is 9.89 Å². The summed E-state index contributed by atoms with van der Waals surface area (Å²) in [5.74, 6) is 0.645. The van der Waals surface area contributed by atoms with Crippen molar-refractivity contribution in [1.29, 1.82) is 0 Å². The molecule has 1 aliphatic rings. The Morgan fingerprint density at radius 2 is 1.82 bits per heavy atom. The molecule has 1 fully saturated rings. The van der Waals surface area contributed by atoms with Crippen LogP contribution in [0.25, 0.3) is 11.1 Å². The lowest BCUT2D eigenvalue weighted by molar-refractivity contribution is -0.245. The molecule has 196 valence electrons. The number of benzene rings is 3. The van der Waals surface area contributed by atoms with Crippen LogP contribution in [-0.4, -0.2) is 38.1 Å². The van der Waals surface area contributed by atoms with E-state index in [0.29, 0.717) is 18.7 Å². The molecule has 3 aromatic carbocycles. The number of aliphatic hydroxyl groups excluding tert-OH is 1. The van der Waals surface area contributed by atoms with E-state index in [9.17, 15) is 9.90 Å². The fourth-order valence-electron chi connectivity index (χ4n) is 4.41. The summed E-state index contributed by atoms with van der Waals surface area (Å²) >= 11 is 1.57. The van der Waals surface area contributed by atoms with Crippen molar-refractivity contribution in [2.75, 3.05) is 5.75 Å². The maximum absolute atomic E-state index is 11.3. The molecule has 0 bridgehead atoms. The Bertz CT molecular complexity index is 1350. The monoisotopic (exact) mass is 530 g/mol. The predicted molar refractivity (Wildman–Crippen MR) is 145 cm³/mol.